The zero-order valence-corrected chi connectivity index (χ0v) is 15.7. The second-order valence-corrected chi connectivity index (χ2v) is 7.25. The average Bonchev–Trinajstić information content (AvgIpc) is 2.64. The van der Waals surface area contributed by atoms with E-state index in [1.165, 1.54) is 6.20 Å². The third kappa shape index (κ3) is 4.22. The molecule has 2 heterocycles. The first kappa shape index (κ1) is 18.4. The highest BCUT2D eigenvalue weighted by Crippen LogP contribution is 2.21. The van der Waals surface area contributed by atoms with Crippen LogP contribution in [0, 0.1) is 12.8 Å². The summed E-state index contributed by atoms with van der Waals surface area (Å²) in [4.78, 5) is 31.2. The van der Waals surface area contributed by atoms with Gasteiger partial charge in [0.25, 0.3) is 11.8 Å². The molecule has 1 aromatic carbocycles. The van der Waals surface area contributed by atoms with Crippen LogP contribution in [0.4, 0.5) is 5.69 Å². The minimum absolute atomic E-state index is 0.116. The summed E-state index contributed by atoms with van der Waals surface area (Å²) in [5.41, 5.74) is 2.27. The van der Waals surface area contributed by atoms with Gasteiger partial charge in [-0.05, 0) is 61.6 Å². The fourth-order valence-electron chi connectivity index (χ4n) is 3.02. The third-order valence-corrected chi connectivity index (χ3v) is 4.98. The molecule has 0 saturated carbocycles. The number of hydrogen-bond acceptors (Lipinski definition) is 3. The number of rotatable bonds is 3. The number of halogens is 1. The Kier molecular flexibility index (Phi) is 5.57. The van der Waals surface area contributed by atoms with E-state index in [9.17, 15) is 9.59 Å². The summed E-state index contributed by atoms with van der Waals surface area (Å²) in [5.74, 6) is 0.250. The summed E-state index contributed by atoms with van der Waals surface area (Å²) in [6.07, 6.45) is 3.51. The fraction of sp³-hybridized carbons (Fsp3) is 0.350. The normalized spacial score (nSPS) is 15.0. The van der Waals surface area contributed by atoms with E-state index >= 15 is 0 Å². The van der Waals surface area contributed by atoms with Crippen molar-refractivity contribution in [2.24, 2.45) is 5.92 Å². The lowest BCUT2D eigenvalue weighted by Crippen LogP contribution is -2.38. The standard InChI is InChI=1S/C20H22ClN3O2/c1-13-6-9-24(10-7-13)20(26)18-12-15(5-8-22-18)19(25)23-17-4-3-16(21)11-14(17)2/h3-5,8,11-13H,6-7,9-10H2,1-2H3,(H,23,25). The van der Waals surface area contributed by atoms with Gasteiger partial charge in [-0.25, -0.2) is 0 Å². The molecule has 1 aliphatic rings. The van der Waals surface area contributed by atoms with E-state index in [1.54, 1.807) is 30.3 Å². The summed E-state index contributed by atoms with van der Waals surface area (Å²) < 4.78 is 0. The van der Waals surface area contributed by atoms with E-state index in [4.69, 9.17) is 11.6 Å². The number of aromatic nitrogens is 1. The predicted molar refractivity (Wildman–Crippen MR) is 103 cm³/mol. The number of benzene rings is 1. The molecule has 2 aromatic rings. The highest BCUT2D eigenvalue weighted by Gasteiger charge is 2.23. The Labute approximate surface area is 158 Å². The van der Waals surface area contributed by atoms with E-state index in [-0.39, 0.29) is 11.8 Å². The van der Waals surface area contributed by atoms with Gasteiger partial charge < -0.3 is 10.2 Å². The fourth-order valence-corrected chi connectivity index (χ4v) is 3.25. The summed E-state index contributed by atoms with van der Waals surface area (Å²) in [6, 6.07) is 8.44. The zero-order valence-electron chi connectivity index (χ0n) is 15.0. The molecule has 1 aromatic heterocycles. The largest absolute Gasteiger partial charge is 0.337 e. The maximum Gasteiger partial charge on any atom is 0.272 e. The van der Waals surface area contributed by atoms with Crippen molar-refractivity contribution >= 4 is 29.1 Å². The van der Waals surface area contributed by atoms with Gasteiger partial charge in [0.15, 0.2) is 0 Å². The molecule has 0 atom stereocenters. The van der Waals surface area contributed by atoms with Crippen molar-refractivity contribution in [1.82, 2.24) is 9.88 Å². The Morgan fingerprint density at radius 1 is 1.19 bits per heavy atom. The molecule has 1 saturated heterocycles. The van der Waals surface area contributed by atoms with E-state index in [2.05, 4.69) is 17.2 Å². The molecule has 136 valence electrons. The summed E-state index contributed by atoms with van der Waals surface area (Å²) >= 11 is 5.95. The first-order chi connectivity index (χ1) is 12.4. The van der Waals surface area contributed by atoms with Gasteiger partial charge in [-0.15, -0.1) is 0 Å². The first-order valence-corrected chi connectivity index (χ1v) is 9.14. The molecule has 3 rings (SSSR count). The van der Waals surface area contributed by atoms with Gasteiger partial charge in [0.05, 0.1) is 0 Å². The Morgan fingerprint density at radius 3 is 2.62 bits per heavy atom. The maximum atomic E-state index is 12.6. The van der Waals surface area contributed by atoms with Gasteiger partial charge in [-0.2, -0.15) is 0 Å². The van der Waals surface area contributed by atoms with Crippen molar-refractivity contribution in [3.8, 4) is 0 Å². The second kappa shape index (κ2) is 7.87. The Balaban J connectivity index is 1.74. The molecular weight excluding hydrogens is 350 g/mol. The van der Waals surface area contributed by atoms with Crippen molar-refractivity contribution in [2.75, 3.05) is 18.4 Å². The number of carbonyl (C=O) groups is 2. The smallest absolute Gasteiger partial charge is 0.272 e. The molecule has 0 unspecified atom stereocenters. The van der Waals surface area contributed by atoms with Crippen molar-refractivity contribution in [2.45, 2.75) is 26.7 Å². The number of anilines is 1. The maximum absolute atomic E-state index is 12.6. The molecular formula is C20H22ClN3O2. The quantitative estimate of drug-likeness (QED) is 0.880. The van der Waals surface area contributed by atoms with Crippen molar-refractivity contribution < 1.29 is 9.59 Å². The van der Waals surface area contributed by atoms with E-state index in [1.807, 2.05) is 11.8 Å². The minimum Gasteiger partial charge on any atom is -0.337 e. The molecule has 0 bridgehead atoms. The number of pyridine rings is 1. The molecule has 1 aliphatic heterocycles. The third-order valence-electron chi connectivity index (χ3n) is 4.75. The molecule has 1 fully saturated rings. The number of likely N-dealkylation sites (tertiary alicyclic amines) is 1. The molecule has 5 nitrogen and oxygen atoms in total. The van der Waals surface area contributed by atoms with E-state index in [0.29, 0.717) is 27.9 Å². The summed E-state index contributed by atoms with van der Waals surface area (Å²) in [6.45, 7) is 5.55. The number of hydrogen-bond donors (Lipinski definition) is 1. The average molecular weight is 372 g/mol. The number of aryl methyl sites for hydroxylation is 1. The molecule has 0 aliphatic carbocycles. The first-order valence-electron chi connectivity index (χ1n) is 8.77. The number of piperidine rings is 1. The number of amides is 2. The molecule has 0 spiro atoms. The SMILES string of the molecule is Cc1cc(Cl)ccc1NC(=O)c1ccnc(C(=O)N2CCC(C)CC2)c1. The van der Waals surface area contributed by atoms with Gasteiger partial charge in [0.1, 0.15) is 5.69 Å². The van der Waals surface area contributed by atoms with Crippen LogP contribution >= 0.6 is 11.6 Å². The molecule has 0 radical (unpaired) electrons. The Hall–Kier alpha value is -2.40. The van der Waals surface area contributed by atoms with Crippen LogP contribution in [0.15, 0.2) is 36.5 Å². The van der Waals surface area contributed by atoms with Crippen LogP contribution in [0.3, 0.4) is 0 Å². The van der Waals surface area contributed by atoms with Crippen molar-refractivity contribution in [3.63, 3.8) is 0 Å². The number of nitrogens with one attached hydrogen (secondary N) is 1. The van der Waals surface area contributed by atoms with Gasteiger partial charge in [0, 0.05) is 35.6 Å². The monoisotopic (exact) mass is 371 g/mol. The Morgan fingerprint density at radius 2 is 1.92 bits per heavy atom. The zero-order chi connectivity index (χ0) is 18.7. The lowest BCUT2D eigenvalue weighted by atomic mass is 9.99. The number of carbonyl (C=O) groups excluding carboxylic acids is 2. The lowest BCUT2D eigenvalue weighted by molar-refractivity contribution is 0.0691. The van der Waals surface area contributed by atoms with Crippen LogP contribution in [0.5, 0.6) is 0 Å². The summed E-state index contributed by atoms with van der Waals surface area (Å²) in [5, 5.41) is 3.47. The molecule has 6 heteroatoms. The van der Waals surface area contributed by atoms with Gasteiger partial charge in [0.2, 0.25) is 0 Å². The molecule has 1 N–H and O–H groups in total. The lowest BCUT2D eigenvalue weighted by Gasteiger charge is -2.30. The topological polar surface area (TPSA) is 62.3 Å². The minimum atomic E-state index is -0.279. The van der Waals surface area contributed by atoms with Gasteiger partial charge in [-0.1, -0.05) is 18.5 Å². The van der Waals surface area contributed by atoms with Crippen LogP contribution in [-0.2, 0) is 0 Å². The van der Waals surface area contributed by atoms with E-state index < -0.39 is 0 Å². The van der Waals surface area contributed by atoms with Crippen molar-refractivity contribution in [1.29, 1.82) is 0 Å². The van der Waals surface area contributed by atoms with Gasteiger partial charge in [-0.3, -0.25) is 14.6 Å². The van der Waals surface area contributed by atoms with Crippen LogP contribution < -0.4 is 5.32 Å². The molecule has 26 heavy (non-hydrogen) atoms. The summed E-state index contributed by atoms with van der Waals surface area (Å²) in [7, 11) is 0. The highest BCUT2D eigenvalue weighted by atomic mass is 35.5. The van der Waals surface area contributed by atoms with Crippen LogP contribution in [0.2, 0.25) is 5.02 Å². The van der Waals surface area contributed by atoms with Crippen LogP contribution in [0.1, 0.15) is 46.2 Å². The van der Waals surface area contributed by atoms with Crippen LogP contribution in [-0.4, -0.2) is 34.8 Å². The van der Waals surface area contributed by atoms with E-state index in [0.717, 1.165) is 31.5 Å². The van der Waals surface area contributed by atoms with Crippen LogP contribution in [0.25, 0.3) is 0 Å². The second-order valence-electron chi connectivity index (χ2n) is 6.82. The number of nitrogens with zero attached hydrogens (tertiary/aromatic N) is 2. The molecule has 2 amide bonds. The highest BCUT2D eigenvalue weighted by molar-refractivity contribution is 6.30. The van der Waals surface area contributed by atoms with Gasteiger partial charge >= 0.3 is 0 Å². The predicted octanol–water partition coefficient (Wildman–Crippen LogP) is 4.17. The van der Waals surface area contributed by atoms with Crippen molar-refractivity contribution in [3.05, 3.63) is 58.4 Å². The Bertz CT molecular complexity index is 830.